The van der Waals surface area contributed by atoms with Crippen LogP contribution in [0, 0.1) is 6.92 Å². The monoisotopic (exact) mass is 305 g/mol. The second kappa shape index (κ2) is 7.87. The molecule has 0 aliphatic heterocycles. The molecule has 0 aliphatic rings. The zero-order valence-corrected chi connectivity index (χ0v) is 13.3. The summed E-state index contributed by atoms with van der Waals surface area (Å²) in [6.07, 6.45) is 1.69. The number of benzene rings is 1. The van der Waals surface area contributed by atoms with Gasteiger partial charge in [-0.15, -0.1) is 0 Å². The summed E-state index contributed by atoms with van der Waals surface area (Å²) in [5.41, 5.74) is 2.13. The Morgan fingerprint density at radius 3 is 2.55 bits per heavy atom. The fourth-order valence-corrected chi connectivity index (χ4v) is 2.37. The van der Waals surface area contributed by atoms with Gasteiger partial charge in [0.2, 0.25) is 0 Å². The van der Waals surface area contributed by atoms with Gasteiger partial charge in [0.25, 0.3) is 0 Å². The van der Waals surface area contributed by atoms with Gasteiger partial charge >= 0.3 is 0 Å². The lowest BCUT2D eigenvalue weighted by Gasteiger charge is -2.22. The van der Waals surface area contributed by atoms with Crippen LogP contribution in [0.4, 0.5) is 0 Å². The van der Waals surface area contributed by atoms with Crippen LogP contribution in [0.25, 0.3) is 0 Å². The number of nitrogens with zero attached hydrogens (tertiary/aromatic N) is 1. The van der Waals surface area contributed by atoms with Crippen molar-refractivity contribution in [1.29, 1.82) is 0 Å². The lowest BCUT2D eigenvalue weighted by Crippen LogP contribution is -2.26. The van der Waals surface area contributed by atoms with Gasteiger partial charge in [-0.25, -0.2) is 0 Å². The second-order valence-electron chi connectivity index (χ2n) is 5.14. The van der Waals surface area contributed by atoms with Gasteiger partial charge in [0.15, 0.2) is 0 Å². The van der Waals surface area contributed by atoms with Crippen molar-refractivity contribution in [2.45, 2.75) is 20.0 Å². The van der Waals surface area contributed by atoms with Gasteiger partial charge < -0.3 is 19.0 Å². The van der Waals surface area contributed by atoms with Crippen molar-refractivity contribution in [2.75, 3.05) is 27.4 Å². The SMILES string of the molecule is COc1ccc(OC)c(CN(CCO)Cc2occc2C)c1. The molecule has 0 aliphatic carbocycles. The van der Waals surface area contributed by atoms with Gasteiger partial charge in [-0.1, -0.05) is 0 Å². The third kappa shape index (κ3) is 4.02. The highest BCUT2D eigenvalue weighted by Crippen LogP contribution is 2.26. The van der Waals surface area contributed by atoms with Crippen LogP contribution in [0.1, 0.15) is 16.9 Å². The number of ether oxygens (including phenoxy) is 2. The van der Waals surface area contributed by atoms with Crippen molar-refractivity contribution >= 4 is 0 Å². The normalized spacial score (nSPS) is 11.0. The predicted molar refractivity (Wildman–Crippen MR) is 84.2 cm³/mol. The Morgan fingerprint density at radius 1 is 1.14 bits per heavy atom. The maximum absolute atomic E-state index is 9.31. The van der Waals surface area contributed by atoms with Crippen LogP contribution in [0.2, 0.25) is 0 Å². The molecule has 120 valence electrons. The van der Waals surface area contributed by atoms with E-state index in [1.807, 2.05) is 31.2 Å². The summed E-state index contributed by atoms with van der Waals surface area (Å²) in [5, 5.41) is 9.31. The van der Waals surface area contributed by atoms with E-state index in [0.717, 1.165) is 28.4 Å². The Labute approximate surface area is 131 Å². The molecule has 0 saturated carbocycles. The summed E-state index contributed by atoms with van der Waals surface area (Å²) >= 11 is 0. The Balaban J connectivity index is 2.18. The summed E-state index contributed by atoms with van der Waals surface area (Å²) in [6.45, 7) is 3.94. The Hall–Kier alpha value is -1.98. The van der Waals surface area contributed by atoms with Crippen LogP contribution < -0.4 is 9.47 Å². The third-order valence-electron chi connectivity index (χ3n) is 3.63. The highest BCUT2D eigenvalue weighted by atomic mass is 16.5. The zero-order chi connectivity index (χ0) is 15.9. The fourth-order valence-electron chi connectivity index (χ4n) is 2.37. The number of aliphatic hydroxyl groups is 1. The molecule has 2 aromatic rings. The van der Waals surface area contributed by atoms with Gasteiger partial charge in [-0.3, -0.25) is 4.90 Å². The molecule has 1 aromatic heterocycles. The molecule has 0 atom stereocenters. The van der Waals surface area contributed by atoms with Crippen LogP contribution in [0.15, 0.2) is 34.9 Å². The zero-order valence-electron chi connectivity index (χ0n) is 13.3. The molecule has 1 heterocycles. The van der Waals surface area contributed by atoms with E-state index in [1.165, 1.54) is 0 Å². The Morgan fingerprint density at radius 2 is 1.95 bits per heavy atom. The number of aliphatic hydroxyl groups excluding tert-OH is 1. The summed E-state index contributed by atoms with van der Waals surface area (Å²) < 4.78 is 16.2. The van der Waals surface area contributed by atoms with E-state index >= 15 is 0 Å². The van der Waals surface area contributed by atoms with Crippen molar-refractivity contribution < 1.29 is 19.0 Å². The molecular weight excluding hydrogens is 282 g/mol. The molecule has 0 fully saturated rings. The minimum atomic E-state index is 0.0893. The Bertz CT molecular complexity index is 594. The van der Waals surface area contributed by atoms with E-state index in [9.17, 15) is 5.11 Å². The molecular formula is C17H23NO4. The minimum Gasteiger partial charge on any atom is -0.497 e. The van der Waals surface area contributed by atoms with Gasteiger partial charge in [-0.2, -0.15) is 0 Å². The smallest absolute Gasteiger partial charge is 0.123 e. The van der Waals surface area contributed by atoms with E-state index in [0.29, 0.717) is 19.6 Å². The molecule has 22 heavy (non-hydrogen) atoms. The average Bonchev–Trinajstić information content (AvgIpc) is 2.92. The molecule has 0 amide bonds. The highest BCUT2D eigenvalue weighted by molar-refractivity contribution is 5.40. The van der Waals surface area contributed by atoms with Crippen molar-refractivity contribution in [3.05, 3.63) is 47.4 Å². The quantitative estimate of drug-likeness (QED) is 0.812. The first-order valence-corrected chi connectivity index (χ1v) is 7.25. The lowest BCUT2D eigenvalue weighted by atomic mass is 10.1. The first-order chi connectivity index (χ1) is 10.7. The number of rotatable bonds is 8. The first-order valence-electron chi connectivity index (χ1n) is 7.25. The minimum absolute atomic E-state index is 0.0893. The molecule has 0 radical (unpaired) electrons. The van der Waals surface area contributed by atoms with Crippen molar-refractivity contribution in [2.24, 2.45) is 0 Å². The summed E-state index contributed by atoms with van der Waals surface area (Å²) in [5.74, 6) is 2.50. The molecule has 0 bridgehead atoms. The van der Waals surface area contributed by atoms with Gasteiger partial charge in [0.05, 0.1) is 33.6 Å². The van der Waals surface area contributed by atoms with Gasteiger partial charge in [0.1, 0.15) is 17.3 Å². The van der Waals surface area contributed by atoms with E-state index < -0.39 is 0 Å². The molecule has 5 heteroatoms. The van der Waals surface area contributed by atoms with E-state index in [-0.39, 0.29) is 6.61 Å². The Kier molecular flexibility index (Phi) is 5.86. The maximum atomic E-state index is 9.31. The first kappa shape index (κ1) is 16.4. The summed E-state index contributed by atoms with van der Waals surface area (Å²) in [7, 11) is 3.29. The molecule has 1 aromatic carbocycles. The highest BCUT2D eigenvalue weighted by Gasteiger charge is 2.14. The second-order valence-corrected chi connectivity index (χ2v) is 5.14. The van der Waals surface area contributed by atoms with E-state index in [2.05, 4.69) is 4.90 Å². The molecule has 0 saturated heterocycles. The largest absolute Gasteiger partial charge is 0.497 e. The van der Waals surface area contributed by atoms with Crippen LogP contribution in [0.5, 0.6) is 11.5 Å². The number of aryl methyl sites for hydroxylation is 1. The molecule has 0 spiro atoms. The van der Waals surface area contributed by atoms with Crippen LogP contribution in [0.3, 0.4) is 0 Å². The predicted octanol–water partition coefficient (Wildman–Crippen LogP) is 2.60. The van der Waals surface area contributed by atoms with Crippen LogP contribution >= 0.6 is 0 Å². The van der Waals surface area contributed by atoms with Crippen molar-refractivity contribution in [3.63, 3.8) is 0 Å². The molecule has 2 rings (SSSR count). The number of furan rings is 1. The number of methoxy groups -OCH3 is 2. The number of hydrogen-bond acceptors (Lipinski definition) is 5. The third-order valence-corrected chi connectivity index (χ3v) is 3.63. The van der Waals surface area contributed by atoms with Gasteiger partial charge in [-0.05, 0) is 36.8 Å². The topological polar surface area (TPSA) is 55.1 Å². The molecule has 0 unspecified atom stereocenters. The van der Waals surface area contributed by atoms with Crippen molar-refractivity contribution in [1.82, 2.24) is 4.90 Å². The van der Waals surface area contributed by atoms with Crippen LogP contribution in [-0.4, -0.2) is 37.4 Å². The lowest BCUT2D eigenvalue weighted by molar-refractivity contribution is 0.173. The van der Waals surface area contributed by atoms with E-state index in [1.54, 1.807) is 20.5 Å². The maximum Gasteiger partial charge on any atom is 0.123 e. The standard InChI is InChI=1S/C17H23NO4/c1-13-6-9-22-17(13)12-18(7-8-19)11-14-10-15(20-2)4-5-16(14)21-3/h4-6,9-10,19H,7-8,11-12H2,1-3H3. The van der Waals surface area contributed by atoms with Gasteiger partial charge in [0, 0.05) is 18.7 Å². The van der Waals surface area contributed by atoms with E-state index in [4.69, 9.17) is 13.9 Å². The number of hydrogen-bond donors (Lipinski definition) is 1. The summed E-state index contributed by atoms with van der Waals surface area (Å²) in [6, 6.07) is 7.66. The van der Waals surface area contributed by atoms with Crippen molar-refractivity contribution in [3.8, 4) is 11.5 Å². The molecule has 1 N–H and O–H groups in total. The van der Waals surface area contributed by atoms with Crippen LogP contribution in [-0.2, 0) is 13.1 Å². The molecule has 5 nitrogen and oxygen atoms in total. The fraction of sp³-hybridized carbons (Fsp3) is 0.412. The average molecular weight is 305 g/mol. The summed E-state index contributed by atoms with van der Waals surface area (Å²) in [4.78, 5) is 2.11.